The highest BCUT2D eigenvalue weighted by atomic mass is 79.9. The predicted octanol–water partition coefficient (Wildman–Crippen LogP) is 12.1. The van der Waals surface area contributed by atoms with Crippen LogP contribution in [0.1, 0.15) is 117 Å². The molecule has 0 bridgehead atoms. The van der Waals surface area contributed by atoms with Crippen molar-refractivity contribution in [3.63, 3.8) is 0 Å². The molecular weight excluding hydrogens is 1380 g/mol. The van der Waals surface area contributed by atoms with Crippen LogP contribution in [0.5, 0.6) is 0 Å². The minimum absolute atomic E-state index is 0.127. The van der Waals surface area contributed by atoms with Gasteiger partial charge in [0.15, 0.2) is 0 Å². The fourth-order valence-electron chi connectivity index (χ4n) is 11.3. The zero-order chi connectivity index (χ0) is 67.4. The molecule has 3 saturated heterocycles. The molecule has 504 valence electrons. The van der Waals surface area contributed by atoms with Gasteiger partial charge < -0.3 is 46.3 Å². The Morgan fingerprint density at radius 1 is 0.453 bits per heavy atom. The molecule has 2 aliphatic carbocycles. The largest absolute Gasteiger partial charge is 0.469 e. The van der Waals surface area contributed by atoms with E-state index in [2.05, 4.69) is 76.8 Å². The van der Waals surface area contributed by atoms with Gasteiger partial charge in [-0.15, -0.1) is 40.8 Å². The molecule has 0 radical (unpaired) electrons. The highest BCUT2D eigenvalue weighted by molar-refractivity contribution is 9.10. The van der Waals surface area contributed by atoms with E-state index in [0.29, 0.717) is 50.2 Å². The Bertz CT molecular complexity index is 3690. The van der Waals surface area contributed by atoms with Crippen molar-refractivity contribution in [3.8, 4) is 0 Å². The number of nitrogens with one attached hydrogen (secondary N) is 2. The number of benzene rings is 4. The Balaban J connectivity index is 0.000000169. The second kappa shape index (κ2) is 31.3. The fourth-order valence-corrected chi connectivity index (χ4v) is 14.9. The zero-order valence-electron chi connectivity index (χ0n) is 51.6. The van der Waals surface area contributed by atoms with E-state index in [1.807, 2.05) is 24.3 Å². The highest BCUT2D eigenvalue weighted by Gasteiger charge is 2.46. The van der Waals surface area contributed by atoms with E-state index in [4.69, 9.17) is 11.5 Å². The van der Waals surface area contributed by atoms with Gasteiger partial charge in [0.25, 0.3) is 17.8 Å². The van der Waals surface area contributed by atoms with Crippen LogP contribution in [-0.4, -0.2) is 136 Å². The second-order valence-corrected chi connectivity index (χ2v) is 28.7. The first-order valence-corrected chi connectivity index (χ1v) is 34.4. The Morgan fingerprint density at radius 2 is 0.737 bits per heavy atom. The van der Waals surface area contributed by atoms with Crippen molar-refractivity contribution in [1.82, 2.24) is 40.8 Å². The van der Waals surface area contributed by atoms with Crippen molar-refractivity contribution >= 4 is 123 Å². The molecule has 21 nitrogen and oxygen atoms in total. The highest BCUT2D eigenvalue weighted by Crippen LogP contribution is 2.45. The van der Waals surface area contributed by atoms with Crippen LogP contribution in [0.25, 0.3) is 0 Å². The minimum atomic E-state index is -2.64. The number of rotatable bonds is 17. The summed E-state index contributed by atoms with van der Waals surface area (Å²) in [4.78, 5) is 52.0. The maximum atomic E-state index is 13.2. The molecule has 2 amide bonds. The number of nitrogen functional groups attached to an aromatic ring is 2. The summed E-state index contributed by atoms with van der Waals surface area (Å²) in [6.45, 7) is -1.63. The first-order valence-electron chi connectivity index (χ1n) is 30.4. The third-order valence-corrected chi connectivity index (χ3v) is 20.6. The lowest BCUT2D eigenvalue weighted by molar-refractivity contribution is -0.140. The van der Waals surface area contributed by atoms with Crippen LogP contribution in [0.3, 0.4) is 0 Å². The van der Waals surface area contributed by atoms with Crippen molar-refractivity contribution < 1.29 is 55.0 Å². The number of nitrogens with two attached hydrogens (primary N) is 2. The lowest BCUT2D eigenvalue weighted by Crippen LogP contribution is -2.56. The average molecular weight is 1450 g/mol. The van der Waals surface area contributed by atoms with Gasteiger partial charge in [-0.05, 0) is 109 Å². The summed E-state index contributed by atoms with van der Waals surface area (Å²) in [6.07, 6.45) is 8.96. The van der Waals surface area contributed by atoms with Gasteiger partial charge in [-0.3, -0.25) is 19.2 Å². The van der Waals surface area contributed by atoms with Crippen LogP contribution in [-0.2, 0) is 54.3 Å². The van der Waals surface area contributed by atoms with Gasteiger partial charge in [-0.25, -0.2) is 26.3 Å². The average Bonchev–Trinajstić information content (AvgIpc) is 1.81. The van der Waals surface area contributed by atoms with Gasteiger partial charge >= 0.3 is 11.9 Å². The van der Waals surface area contributed by atoms with Gasteiger partial charge in [0.05, 0.1) is 79.2 Å². The maximum absolute atomic E-state index is 13.2. The molecule has 8 aromatic rings. The Kier molecular flexibility index (Phi) is 23.0. The number of alkyl halides is 6. The summed E-state index contributed by atoms with van der Waals surface area (Å²) in [7, 11) is 2.72. The van der Waals surface area contributed by atoms with Crippen LogP contribution in [0.2, 0.25) is 0 Å². The molecule has 4 atom stereocenters. The third-order valence-electron chi connectivity index (χ3n) is 16.3. The first kappa shape index (κ1) is 69.9. The van der Waals surface area contributed by atoms with Crippen LogP contribution in [0.4, 0.5) is 63.9 Å². The topological polar surface area (TPSA) is 276 Å². The van der Waals surface area contributed by atoms with Crippen LogP contribution in [0.15, 0.2) is 102 Å². The zero-order valence-corrected chi connectivity index (χ0v) is 56.4. The molecule has 2 saturated carbocycles. The minimum Gasteiger partial charge on any atom is -0.469 e. The normalized spacial score (nSPS) is 19.7. The number of nitrogens with zero attached hydrogens (tertiary/aromatic N) is 11. The number of carbonyl (C=O) groups excluding carboxylic acids is 4. The molecule has 4 aromatic heterocycles. The van der Waals surface area contributed by atoms with Gasteiger partial charge in [-0.1, -0.05) is 123 Å². The maximum Gasteiger partial charge on any atom is 0.309 e. The summed E-state index contributed by atoms with van der Waals surface area (Å²) in [5, 5.41) is 44.6. The van der Waals surface area contributed by atoms with Crippen molar-refractivity contribution in [2.75, 3.05) is 90.3 Å². The number of carbonyl (C=O) groups is 4. The predicted molar refractivity (Wildman–Crippen MR) is 357 cm³/mol. The molecule has 5 fully saturated rings. The number of ether oxygens (including phenoxy) is 2. The van der Waals surface area contributed by atoms with E-state index in [-0.39, 0.29) is 94.1 Å². The van der Waals surface area contributed by atoms with Gasteiger partial charge in [0.2, 0.25) is 32.3 Å². The molecule has 95 heavy (non-hydrogen) atoms. The van der Waals surface area contributed by atoms with Crippen molar-refractivity contribution in [2.45, 2.75) is 118 Å². The number of hydrogen-bond acceptors (Lipinski definition) is 23. The fraction of sp³-hybridized carbons (Fsp3) is 0.429. The SMILES string of the molecule is COC(=O)Cc1ccc(Br)cc1.COC(=O)Cc1ccc(N2CC(F)(F)C2)cc1.Nc1nnc([C@H]2CCC[C@H](c3nnc(N)s3)C2)s1.O=C(Cc1ccc(N2CC(F)(F)C2)cc1)Nc1nnc([C@H]2CCC[C@H](c3nnc(NC(=O)Cc4ccc(N5CC(F)(F)C5)cc4)s3)C2)s1. The molecule has 4 aromatic carbocycles. The monoisotopic (exact) mass is 1450 g/mol. The summed E-state index contributed by atoms with van der Waals surface area (Å²) in [5.74, 6) is -7.63. The smallest absolute Gasteiger partial charge is 0.309 e. The number of amides is 2. The van der Waals surface area contributed by atoms with Crippen LogP contribution >= 0.6 is 61.3 Å². The van der Waals surface area contributed by atoms with Gasteiger partial charge in [-0.2, -0.15) is 0 Å². The lowest BCUT2D eigenvalue weighted by Gasteiger charge is -2.40. The van der Waals surface area contributed by atoms with Gasteiger partial charge in [0.1, 0.15) is 20.0 Å². The molecule has 0 spiro atoms. The molecule has 7 heterocycles. The molecule has 0 unspecified atom stereocenters. The number of halogens is 7. The van der Waals surface area contributed by atoms with E-state index in [1.165, 1.54) is 66.0 Å². The molecule has 5 aliphatic rings. The Morgan fingerprint density at radius 3 is 1.02 bits per heavy atom. The summed E-state index contributed by atoms with van der Waals surface area (Å²) in [6, 6.07) is 28.6. The number of aromatic nitrogens is 8. The van der Waals surface area contributed by atoms with Gasteiger partial charge in [0, 0.05) is 45.2 Å². The Labute approximate surface area is 567 Å². The number of anilines is 7. The summed E-state index contributed by atoms with van der Waals surface area (Å²) < 4.78 is 88.0. The van der Waals surface area contributed by atoms with E-state index < -0.39 is 17.8 Å². The third kappa shape index (κ3) is 20.1. The van der Waals surface area contributed by atoms with E-state index in [1.54, 1.807) is 87.5 Å². The molecule has 32 heteroatoms. The summed E-state index contributed by atoms with van der Waals surface area (Å²) >= 11 is 9.01. The van der Waals surface area contributed by atoms with Crippen molar-refractivity contribution in [2.24, 2.45) is 0 Å². The van der Waals surface area contributed by atoms with Crippen LogP contribution < -0.4 is 36.8 Å². The number of hydrogen-bond donors (Lipinski definition) is 4. The van der Waals surface area contributed by atoms with E-state index >= 15 is 0 Å². The molecule has 3 aliphatic heterocycles. The second-order valence-electron chi connectivity index (χ2n) is 23.7. The molecule has 6 N–H and O–H groups in total. The summed E-state index contributed by atoms with van der Waals surface area (Å²) in [5.41, 5.74) is 16.8. The Hall–Kier alpha value is -7.94. The lowest BCUT2D eigenvalue weighted by atomic mass is 9.82. The molecular formula is C63H68BrF6N15O6S4. The van der Waals surface area contributed by atoms with E-state index in [9.17, 15) is 45.5 Å². The number of esters is 2. The first-order chi connectivity index (χ1) is 45.4. The quantitative estimate of drug-likeness (QED) is 0.0487. The van der Waals surface area contributed by atoms with Crippen molar-refractivity contribution in [1.29, 1.82) is 0 Å². The number of methoxy groups -OCH3 is 2. The van der Waals surface area contributed by atoms with E-state index in [0.717, 1.165) is 97.4 Å². The standard InChI is InChI=1S/C32H32F4N8O2S2.C12H13F2NO2.C10H14N6S2.C9H9BrO2/c33-31(34)15-43(16-31)23-8-4-19(5-9-23)12-25(45)37-29-41-39-27(47-29)21-2-1-3-22(14-21)28-40-42-30(48-28)38-26(46)13-20-6-10-24(11-7-20)44-17-32(35,36)18-44;1-17-11(16)6-9-2-4-10(5-3-9)15-7-12(13,14)8-15;11-9-15-13-7(17-9)5-2-1-3-6(4-5)8-14-16-10(12)18-8;1-12-9(11)6-7-2-4-8(10)5-3-7/h4-11,21-22H,1-3,12-18H2,(H,37,41,45)(H,38,42,46);2-5H,6-8H2,1H3;5-6H,1-4H2,(H2,11,15)(H2,12,16);2-5H,6H2,1H3/t21-,22-;;5-,6-;/m0.0./s1. The van der Waals surface area contributed by atoms with Crippen LogP contribution in [0, 0.1) is 0 Å². The van der Waals surface area contributed by atoms with Crippen molar-refractivity contribution in [3.05, 3.63) is 144 Å². The molecule has 13 rings (SSSR count).